The molecule has 0 aliphatic rings. The predicted octanol–water partition coefficient (Wildman–Crippen LogP) is 5.01. The Balaban J connectivity index is 1.78. The van der Waals surface area contributed by atoms with Gasteiger partial charge >= 0.3 is 0 Å². The fourth-order valence-electron chi connectivity index (χ4n) is 3.15. The molecule has 3 aromatic rings. The molecule has 0 spiro atoms. The third kappa shape index (κ3) is 5.27. The molecule has 0 aliphatic carbocycles. The molecule has 0 radical (unpaired) electrons. The molecule has 0 aliphatic heterocycles. The zero-order valence-corrected chi connectivity index (χ0v) is 19.2. The predicted molar refractivity (Wildman–Crippen MR) is 126 cm³/mol. The zero-order chi connectivity index (χ0) is 22.5. The second-order valence-electron chi connectivity index (χ2n) is 7.36. The summed E-state index contributed by atoms with van der Waals surface area (Å²) in [5.41, 5.74) is 3.83. The van der Waals surface area contributed by atoms with Crippen LogP contribution in [-0.2, 0) is 4.79 Å². The molecular formula is C25H23BrN2O3. The summed E-state index contributed by atoms with van der Waals surface area (Å²) in [5, 5.41) is 2.78. The topological polar surface area (TPSA) is 66.5 Å². The number of para-hydroxylation sites is 1. The lowest BCUT2D eigenvalue weighted by atomic mass is 9.95. The molecule has 0 aromatic heterocycles. The van der Waals surface area contributed by atoms with Crippen molar-refractivity contribution in [1.82, 2.24) is 4.90 Å². The fourth-order valence-corrected chi connectivity index (χ4v) is 3.53. The number of nitrogens with zero attached hydrogens (tertiary/aromatic N) is 1. The zero-order valence-electron chi connectivity index (χ0n) is 17.6. The molecule has 0 saturated carbocycles. The van der Waals surface area contributed by atoms with Crippen LogP contribution in [-0.4, -0.2) is 36.1 Å². The smallest absolute Gasteiger partial charge is 0.254 e. The minimum absolute atomic E-state index is 0.146. The molecule has 3 aromatic carbocycles. The Morgan fingerprint density at radius 2 is 1.52 bits per heavy atom. The molecular weight excluding hydrogens is 456 g/mol. The van der Waals surface area contributed by atoms with Crippen molar-refractivity contribution in [3.05, 3.63) is 99.0 Å². The molecule has 158 valence electrons. The number of carbonyl (C=O) groups excluding carboxylic acids is 3. The minimum atomic E-state index is -0.393. The van der Waals surface area contributed by atoms with Crippen molar-refractivity contribution in [1.29, 1.82) is 0 Å². The molecule has 1 N–H and O–H groups in total. The number of aryl methyl sites for hydroxylation is 2. The van der Waals surface area contributed by atoms with E-state index in [-0.39, 0.29) is 23.8 Å². The molecule has 0 bridgehead atoms. The molecule has 0 unspecified atom stereocenters. The van der Waals surface area contributed by atoms with Gasteiger partial charge in [0.1, 0.15) is 0 Å². The second kappa shape index (κ2) is 9.71. The summed E-state index contributed by atoms with van der Waals surface area (Å²) in [4.78, 5) is 39.9. The van der Waals surface area contributed by atoms with Crippen molar-refractivity contribution in [2.75, 3.05) is 18.9 Å². The Bertz CT molecular complexity index is 1160. The monoisotopic (exact) mass is 478 g/mol. The number of nitrogens with one attached hydrogen (secondary N) is 1. The third-order valence-electron chi connectivity index (χ3n) is 5.05. The second-order valence-corrected chi connectivity index (χ2v) is 8.22. The van der Waals surface area contributed by atoms with E-state index in [2.05, 4.69) is 21.2 Å². The van der Waals surface area contributed by atoms with Gasteiger partial charge in [-0.05, 0) is 65.2 Å². The number of carbonyl (C=O) groups is 3. The lowest BCUT2D eigenvalue weighted by molar-refractivity contribution is -0.116. The number of likely N-dealkylation sites (N-methyl/N-ethyl adjacent to an activating group) is 1. The van der Waals surface area contributed by atoms with Gasteiger partial charge in [0.15, 0.2) is 5.78 Å². The Hall–Kier alpha value is -3.25. The first kappa shape index (κ1) is 22.4. The van der Waals surface area contributed by atoms with Crippen molar-refractivity contribution in [2.24, 2.45) is 0 Å². The van der Waals surface area contributed by atoms with E-state index in [9.17, 15) is 14.4 Å². The van der Waals surface area contributed by atoms with E-state index < -0.39 is 5.91 Å². The molecule has 0 fully saturated rings. The summed E-state index contributed by atoms with van der Waals surface area (Å²) in [5.74, 6) is -0.950. The average molecular weight is 479 g/mol. The number of amides is 2. The first-order valence-electron chi connectivity index (χ1n) is 9.78. The minimum Gasteiger partial charge on any atom is -0.332 e. The Morgan fingerprint density at radius 3 is 2.19 bits per heavy atom. The van der Waals surface area contributed by atoms with Gasteiger partial charge < -0.3 is 10.2 Å². The summed E-state index contributed by atoms with van der Waals surface area (Å²) in [7, 11) is 1.54. The standard InChI is InChI=1S/C25H23BrN2O3/c1-16-12-13-18(14-17(16)2)24(30)19-8-4-5-9-20(19)25(31)28(3)15-23(29)27-22-11-7-6-10-21(22)26/h4-14H,15H2,1-3H3,(H,27,29). The van der Waals surface area contributed by atoms with E-state index in [0.717, 1.165) is 15.6 Å². The number of hydrogen-bond acceptors (Lipinski definition) is 3. The van der Waals surface area contributed by atoms with Crippen LogP contribution in [0.25, 0.3) is 0 Å². The molecule has 0 saturated heterocycles. The summed E-state index contributed by atoms with van der Waals surface area (Å²) < 4.78 is 0.752. The van der Waals surface area contributed by atoms with Crippen molar-refractivity contribution >= 4 is 39.2 Å². The molecule has 31 heavy (non-hydrogen) atoms. The SMILES string of the molecule is Cc1ccc(C(=O)c2ccccc2C(=O)N(C)CC(=O)Nc2ccccc2Br)cc1C. The Kier molecular flexibility index (Phi) is 7.02. The average Bonchev–Trinajstić information content (AvgIpc) is 2.76. The molecule has 5 nitrogen and oxygen atoms in total. The number of rotatable bonds is 6. The van der Waals surface area contributed by atoms with Crippen LogP contribution in [0.15, 0.2) is 71.2 Å². The fraction of sp³-hybridized carbons (Fsp3) is 0.160. The summed E-state index contributed by atoms with van der Waals surface area (Å²) in [6.45, 7) is 3.78. The van der Waals surface area contributed by atoms with Gasteiger partial charge in [0.25, 0.3) is 5.91 Å². The summed E-state index contributed by atoms with van der Waals surface area (Å²) in [6, 6.07) is 19.4. The Morgan fingerprint density at radius 1 is 0.871 bits per heavy atom. The van der Waals surface area contributed by atoms with Gasteiger partial charge in [-0.15, -0.1) is 0 Å². The van der Waals surface area contributed by atoms with Crippen LogP contribution >= 0.6 is 15.9 Å². The highest BCUT2D eigenvalue weighted by molar-refractivity contribution is 9.10. The van der Waals surface area contributed by atoms with Gasteiger partial charge in [-0.2, -0.15) is 0 Å². The van der Waals surface area contributed by atoms with Crippen LogP contribution in [0.4, 0.5) is 5.69 Å². The van der Waals surface area contributed by atoms with E-state index in [1.807, 2.05) is 44.2 Å². The van der Waals surface area contributed by atoms with Gasteiger partial charge in [-0.1, -0.05) is 42.5 Å². The van der Waals surface area contributed by atoms with Crippen molar-refractivity contribution in [3.8, 4) is 0 Å². The van der Waals surface area contributed by atoms with Crippen LogP contribution in [0.2, 0.25) is 0 Å². The lowest BCUT2D eigenvalue weighted by Gasteiger charge is -2.19. The maximum absolute atomic E-state index is 13.1. The van der Waals surface area contributed by atoms with Gasteiger partial charge in [-0.25, -0.2) is 0 Å². The maximum Gasteiger partial charge on any atom is 0.254 e. The number of hydrogen-bond donors (Lipinski definition) is 1. The van der Waals surface area contributed by atoms with Gasteiger partial charge in [-0.3, -0.25) is 14.4 Å². The van der Waals surface area contributed by atoms with Gasteiger partial charge in [0.05, 0.1) is 17.8 Å². The van der Waals surface area contributed by atoms with Crippen molar-refractivity contribution in [3.63, 3.8) is 0 Å². The number of halogens is 1. The maximum atomic E-state index is 13.1. The molecule has 3 rings (SSSR count). The van der Waals surface area contributed by atoms with Crippen LogP contribution < -0.4 is 5.32 Å². The van der Waals surface area contributed by atoms with E-state index in [4.69, 9.17) is 0 Å². The highest BCUT2D eigenvalue weighted by Crippen LogP contribution is 2.21. The normalized spacial score (nSPS) is 10.5. The summed E-state index contributed by atoms with van der Waals surface area (Å²) >= 11 is 3.38. The number of ketones is 1. The Labute approximate surface area is 190 Å². The van der Waals surface area contributed by atoms with E-state index in [1.165, 1.54) is 4.90 Å². The summed E-state index contributed by atoms with van der Waals surface area (Å²) in [6.07, 6.45) is 0. The van der Waals surface area contributed by atoms with E-state index in [1.54, 1.807) is 43.4 Å². The largest absolute Gasteiger partial charge is 0.332 e. The highest BCUT2D eigenvalue weighted by Gasteiger charge is 2.22. The molecule has 6 heteroatoms. The number of benzene rings is 3. The van der Waals surface area contributed by atoms with Crippen LogP contribution in [0.5, 0.6) is 0 Å². The van der Waals surface area contributed by atoms with E-state index >= 15 is 0 Å². The van der Waals surface area contributed by atoms with Crippen LogP contribution in [0.1, 0.15) is 37.4 Å². The first-order chi connectivity index (χ1) is 14.8. The highest BCUT2D eigenvalue weighted by atomic mass is 79.9. The quantitative estimate of drug-likeness (QED) is 0.506. The molecule has 0 heterocycles. The molecule has 2 amide bonds. The van der Waals surface area contributed by atoms with Gasteiger partial charge in [0.2, 0.25) is 5.91 Å². The first-order valence-corrected chi connectivity index (χ1v) is 10.6. The van der Waals surface area contributed by atoms with Crippen LogP contribution in [0, 0.1) is 13.8 Å². The van der Waals surface area contributed by atoms with E-state index in [0.29, 0.717) is 16.8 Å². The van der Waals surface area contributed by atoms with Gasteiger partial charge in [0, 0.05) is 22.6 Å². The number of anilines is 1. The third-order valence-corrected chi connectivity index (χ3v) is 5.74. The van der Waals surface area contributed by atoms with Crippen molar-refractivity contribution < 1.29 is 14.4 Å². The lowest BCUT2D eigenvalue weighted by Crippen LogP contribution is -2.35. The molecule has 0 atom stereocenters. The van der Waals surface area contributed by atoms with Crippen molar-refractivity contribution in [2.45, 2.75) is 13.8 Å². The van der Waals surface area contributed by atoms with Crippen LogP contribution in [0.3, 0.4) is 0 Å².